The molecule has 0 saturated carbocycles. The molecule has 0 radical (unpaired) electrons. The van der Waals surface area contributed by atoms with E-state index in [1.807, 2.05) is 18.2 Å². The first-order valence-electron chi connectivity index (χ1n) is 7.16. The first kappa shape index (κ1) is 15.0. The number of hydrogen-bond donors (Lipinski definition) is 2. The molecule has 5 nitrogen and oxygen atoms in total. The number of nitrogens with zero attached hydrogens (tertiary/aromatic N) is 2. The summed E-state index contributed by atoms with van der Waals surface area (Å²) in [5.41, 5.74) is 2.45. The molecule has 110 valence electrons. The van der Waals surface area contributed by atoms with Gasteiger partial charge in [0.15, 0.2) is 0 Å². The van der Waals surface area contributed by atoms with Crippen LogP contribution in [0.25, 0.3) is 0 Å². The third-order valence-corrected chi connectivity index (χ3v) is 3.05. The average molecular weight is 284 g/mol. The van der Waals surface area contributed by atoms with Crippen molar-refractivity contribution < 1.29 is 4.79 Å². The molecule has 2 rings (SSSR count). The average Bonchev–Trinajstić information content (AvgIpc) is 2.54. The lowest BCUT2D eigenvalue weighted by Gasteiger charge is -2.08. The van der Waals surface area contributed by atoms with Crippen LogP contribution in [0.1, 0.15) is 35.8 Å². The summed E-state index contributed by atoms with van der Waals surface area (Å²) < 4.78 is 0. The molecule has 0 aliphatic carbocycles. The molecule has 1 amide bonds. The van der Waals surface area contributed by atoms with Gasteiger partial charge in [-0.05, 0) is 36.2 Å². The lowest BCUT2D eigenvalue weighted by atomic mass is 10.2. The molecule has 21 heavy (non-hydrogen) atoms. The molecule has 0 fully saturated rings. The lowest BCUT2D eigenvalue weighted by Crippen LogP contribution is -2.25. The van der Waals surface area contributed by atoms with Crippen molar-refractivity contribution in [2.75, 3.05) is 11.9 Å². The van der Waals surface area contributed by atoms with Crippen molar-refractivity contribution in [1.29, 1.82) is 0 Å². The van der Waals surface area contributed by atoms with E-state index in [1.165, 1.54) is 0 Å². The SMILES string of the molecule is CCCCNC(=O)c1cc(NCc2ccncc2)ccn1. The zero-order valence-corrected chi connectivity index (χ0v) is 12.2. The lowest BCUT2D eigenvalue weighted by molar-refractivity contribution is 0.0948. The summed E-state index contributed by atoms with van der Waals surface area (Å²) in [5, 5.41) is 6.14. The van der Waals surface area contributed by atoms with Gasteiger partial charge in [-0.1, -0.05) is 13.3 Å². The predicted molar refractivity (Wildman–Crippen MR) is 83.0 cm³/mol. The first-order valence-corrected chi connectivity index (χ1v) is 7.16. The summed E-state index contributed by atoms with van der Waals surface area (Å²) >= 11 is 0. The molecule has 0 spiro atoms. The fourth-order valence-electron chi connectivity index (χ4n) is 1.84. The van der Waals surface area contributed by atoms with Gasteiger partial charge in [-0.15, -0.1) is 0 Å². The molecule has 0 saturated heterocycles. The molecule has 0 bridgehead atoms. The fraction of sp³-hybridized carbons (Fsp3) is 0.312. The second kappa shape index (κ2) is 7.99. The standard InChI is InChI=1S/C16H20N4O/c1-2-3-7-19-16(21)15-11-14(6-10-18-15)20-12-13-4-8-17-9-5-13/h4-6,8-11H,2-3,7,12H2,1H3,(H,18,20)(H,19,21). The van der Waals surface area contributed by atoms with Gasteiger partial charge in [0.2, 0.25) is 0 Å². The van der Waals surface area contributed by atoms with Crippen LogP contribution in [0.3, 0.4) is 0 Å². The van der Waals surface area contributed by atoms with Crippen molar-refractivity contribution in [2.45, 2.75) is 26.3 Å². The maximum atomic E-state index is 11.9. The number of aromatic nitrogens is 2. The number of anilines is 1. The van der Waals surface area contributed by atoms with Gasteiger partial charge in [0.05, 0.1) is 0 Å². The summed E-state index contributed by atoms with van der Waals surface area (Å²) in [6.07, 6.45) is 7.20. The van der Waals surface area contributed by atoms with Crippen LogP contribution in [0.15, 0.2) is 42.9 Å². The molecule has 0 aromatic carbocycles. The molecular formula is C16H20N4O. The fourth-order valence-corrected chi connectivity index (χ4v) is 1.84. The van der Waals surface area contributed by atoms with Gasteiger partial charge in [0.1, 0.15) is 5.69 Å². The maximum absolute atomic E-state index is 11.9. The van der Waals surface area contributed by atoms with E-state index in [2.05, 4.69) is 27.5 Å². The molecule has 2 heterocycles. The summed E-state index contributed by atoms with van der Waals surface area (Å²) in [5.74, 6) is -0.129. The van der Waals surface area contributed by atoms with E-state index >= 15 is 0 Å². The Morgan fingerprint density at radius 3 is 2.76 bits per heavy atom. The minimum absolute atomic E-state index is 0.129. The molecule has 2 aromatic heterocycles. The Hall–Kier alpha value is -2.43. The third kappa shape index (κ3) is 4.87. The zero-order chi connectivity index (χ0) is 14.9. The van der Waals surface area contributed by atoms with E-state index in [0.29, 0.717) is 18.8 Å². The van der Waals surface area contributed by atoms with Gasteiger partial charge in [-0.2, -0.15) is 0 Å². The largest absolute Gasteiger partial charge is 0.381 e. The summed E-state index contributed by atoms with van der Waals surface area (Å²) in [6.45, 7) is 3.46. The molecule has 0 aliphatic heterocycles. The number of amides is 1. The Kier molecular flexibility index (Phi) is 5.70. The van der Waals surface area contributed by atoms with E-state index in [0.717, 1.165) is 24.1 Å². The number of rotatable bonds is 7. The van der Waals surface area contributed by atoms with Crippen LogP contribution in [-0.4, -0.2) is 22.4 Å². The highest BCUT2D eigenvalue weighted by Crippen LogP contribution is 2.10. The van der Waals surface area contributed by atoms with Crippen LogP contribution in [0.4, 0.5) is 5.69 Å². The highest BCUT2D eigenvalue weighted by atomic mass is 16.1. The van der Waals surface area contributed by atoms with Crippen molar-refractivity contribution in [3.8, 4) is 0 Å². The molecule has 2 N–H and O–H groups in total. The number of hydrogen-bond acceptors (Lipinski definition) is 4. The van der Waals surface area contributed by atoms with Gasteiger partial charge in [-0.25, -0.2) is 0 Å². The Balaban J connectivity index is 1.92. The summed E-state index contributed by atoms with van der Waals surface area (Å²) in [7, 11) is 0. The quantitative estimate of drug-likeness (QED) is 0.767. The summed E-state index contributed by atoms with van der Waals surface area (Å²) in [4.78, 5) is 20.0. The zero-order valence-electron chi connectivity index (χ0n) is 12.2. The minimum Gasteiger partial charge on any atom is -0.381 e. The van der Waals surface area contributed by atoms with Crippen molar-refractivity contribution in [2.24, 2.45) is 0 Å². The normalized spacial score (nSPS) is 10.1. The van der Waals surface area contributed by atoms with E-state index in [4.69, 9.17) is 0 Å². The highest BCUT2D eigenvalue weighted by molar-refractivity contribution is 5.93. The minimum atomic E-state index is -0.129. The van der Waals surface area contributed by atoms with Gasteiger partial charge in [0, 0.05) is 37.4 Å². The molecule has 0 aliphatic rings. The van der Waals surface area contributed by atoms with Crippen LogP contribution in [0.5, 0.6) is 0 Å². The molecule has 0 unspecified atom stereocenters. The van der Waals surface area contributed by atoms with E-state index < -0.39 is 0 Å². The van der Waals surface area contributed by atoms with Gasteiger partial charge >= 0.3 is 0 Å². The monoisotopic (exact) mass is 284 g/mol. The van der Waals surface area contributed by atoms with Crippen molar-refractivity contribution >= 4 is 11.6 Å². The van der Waals surface area contributed by atoms with Crippen LogP contribution < -0.4 is 10.6 Å². The smallest absolute Gasteiger partial charge is 0.269 e. The topological polar surface area (TPSA) is 66.9 Å². The van der Waals surface area contributed by atoms with E-state index in [1.54, 1.807) is 24.7 Å². The molecular weight excluding hydrogens is 264 g/mol. The predicted octanol–water partition coefficient (Wildman–Crippen LogP) is 2.62. The molecule has 2 aromatic rings. The molecule has 5 heteroatoms. The van der Waals surface area contributed by atoms with Gasteiger partial charge in [-0.3, -0.25) is 14.8 Å². The first-order chi connectivity index (χ1) is 10.3. The van der Waals surface area contributed by atoms with E-state index in [-0.39, 0.29) is 5.91 Å². The van der Waals surface area contributed by atoms with Gasteiger partial charge < -0.3 is 10.6 Å². The maximum Gasteiger partial charge on any atom is 0.269 e. The second-order valence-electron chi connectivity index (χ2n) is 4.75. The Morgan fingerprint density at radius 2 is 2.00 bits per heavy atom. The van der Waals surface area contributed by atoms with Gasteiger partial charge in [0.25, 0.3) is 5.91 Å². The number of carbonyl (C=O) groups is 1. The van der Waals surface area contributed by atoms with Crippen molar-refractivity contribution in [1.82, 2.24) is 15.3 Å². The molecule has 0 atom stereocenters. The van der Waals surface area contributed by atoms with E-state index in [9.17, 15) is 4.79 Å². The third-order valence-electron chi connectivity index (χ3n) is 3.05. The Morgan fingerprint density at radius 1 is 1.19 bits per heavy atom. The number of carbonyl (C=O) groups excluding carboxylic acids is 1. The van der Waals surface area contributed by atoms with Crippen LogP contribution >= 0.6 is 0 Å². The summed E-state index contributed by atoms with van der Waals surface area (Å²) in [6, 6.07) is 7.52. The second-order valence-corrected chi connectivity index (χ2v) is 4.75. The number of unbranched alkanes of at least 4 members (excludes halogenated alkanes) is 1. The number of nitrogens with one attached hydrogen (secondary N) is 2. The van der Waals surface area contributed by atoms with Crippen LogP contribution in [-0.2, 0) is 6.54 Å². The van der Waals surface area contributed by atoms with Crippen molar-refractivity contribution in [3.05, 3.63) is 54.1 Å². The highest BCUT2D eigenvalue weighted by Gasteiger charge is 2.06. The Labute approximate surface area is 124 Å². The Bertz CT molecular complexity index is 571. The van der Waals surface area contributed by atoms with Crippen molar-refractivity contribution in [3.63, 3.8) is 0 Å². The van der Waals surface area contributed by atoms with Crippen LogP contribution in [0.2, 0.25) is 0 Å². The van der Waals surface area contributed by atoms with Crippen LogP contribution in [0, 0.1) is 0 Å². The number of pyridine rings is 2.